The molecule has 6 heterocycles. The van der Waals surface area contributed by atoms with Crippen molar-refractivity contribution < 1.29 is 0 Å². The predicted octanol–water partition coefficient (Wildman–Crippen LogP) is 37.6. The molecule has 0 spiro atoms. The third-order valence-corrected chi connectivity index (χ3v) is 29.2. The van der Waals surface area contributed by atoms with E-state index in [2.05, 4.69) is 619 Å². The molecule has 0 atom stereocenters. The second-order valence-electron chi connectivity index (χ2n) is 37.8. The van der Waals surface area contributed by atoms with Crippen LogP contribution in [0.2, 0.25) is 0 Å². The zero-order chi connectivity index (χ0) is 98.2. The summed E-state index contributed by atoms with van der Waals surface area (Å²) in [5, 5.41) is 6.30. The Kier molecular flexibility index (Phi) is 23.4. The fourth-order valence-corrected chi connectivity index (χ4v) is 22.5. The Morgan fingerprint density at radius 2 is 0.405 bits per heavy atom. The molecule has 22 aromatic carbocycles. The van der Waals surface area contributed by atoms with E-state index in [9.17, 15) is 0 Å². The molecule has 25 aromatic rings. The maximum absolute atomic E-state index is 2.46. The van der Waals surface area contributed by atoms with Crippen LogP contribution in [-0.2, 0) is 19.3 Å². The lowest BCUT2D eigenvalue weighted by Crippen LogP contribution is -2.21. The van der Waals surface area contributed by atoms with Crippen molar-refractivity contribution in [3.63, 3.8) is 0 Å². The average molecular weight is 1900 g/mol. The number of para-hydroxylation sites is 12. The van der Waals surface area contributed by atoms with Crippen molar-refractivity contribution in [3.8, 4) is 50.4 Å². The lowest BCUT2D eigenvalue weighted by Gasteiger charge is -2.34. The standard InChI is InChI=1S/C51H37N3.C49H35N3.C39H29N3/c1-4-14-37(15-5-1)39-24-28-43(29-25-39)52(44-30-26-40(27-31-44)38-16-6-2-7-17-38)45-32-34-46(35-33-45)53-49-22-12-10-18-41(49)36-48-47-21-11-13-23-50(47)54(51(48)53)42-19-8-3-9-20-42;1-3-16-35(17-4-1)41-24-10-13-27-46(41)50(47-29-15-20-36-18-7-9-23-42(36)47)39-30-32-40(33-31-39)51-45-26-12-8-19-37(45)34-44-43-25-11-14-28-48(43)52(49(44)51)38-21-5-2-6-22-38;1-4-15-30(16-5-1)40(31-17-6-2-7-18-31)33-24-26-34(27-25-33)41-37-22-12-10-14-29(37)28-36-35-21-11-13-23-38(35)42(39(36)41)32-19-8-3-9-20-32/h1-35H,36H2;1-33H,34H2;1-27H,28H2. The highest BCUT2D eigenvalue weighted by atomic mass is 15.3. The number of anilines is 18. The zero-order valence-electron chi connectivity index (χ0n) is 81.5. The van der Waals surface area contributed by atoms with Crippen LogP contribution >= 0.6 is 0 Å². The fourth-order valence-electron chi connectivity index (χ4n) is 22.5. The predicted molar refractivity (Wildman–Crippen MR) is 620 cm³/mol. The van der Waals surface area contributed by atoms with E-state index in [1.165, 1.54) is 145 Å². The molecule has 9 nitrogen and oxygen atoms in total. The minimum Gasteiger partial charge on any atom is -0.311 e. The van der Waals surface area contributed by atoms with Gasteiger partial charge in [0.1, 0.15) is 17.5 Å². The van der Waals surface area contributed by atoms with E-state index < -0.39 is 0 Å². The molecule has 3 aliphatic heterocycles. The third-order valence-electron chi connectivity index (χ3n) is 29.2. The molecular weight excluding hydrogens is 1800 g/mol. The van der Waals surface area contributed by atoms with Crippen LogP contribution < -0.4 is 29.4 Å². The van der Waals surface area contributed by atoms with E-state index in [-0.39, 0.29) is 0 Å². The highest BCUT2D eigenvalue weighted by Gasteiger charge is 2.36. The summed E-state index contributed by atoms with van der Waals surface area (Å²) in [5.74, 6) is 3.59. The van der Waals surface area contributed by atoms with Gasteiger partial charge in [-0.25, -0.2) is 0 Å². The van der Waals surface area contributed by atoms with Gasteiger partial charge < -0.3 is 14.7 Å². The molecule has 28 rings (SSSR count). The minimum atomic E-state index is 0.881. The van der Waals surface area contributed by atoms with E-state index in [0.717, 1.165) is 105 Å². The summed E-state index contributed by atoms with van der Waals surface area (Å²) in [7, 11) is 0. The fraction of sp³-hybridized carbons (Fsp3) is 0.0216. The van der Waals surface area contributed by atoms with Gasteiger partial charge in [-0.3, -0.25) is 28.4 Å². The molecule has 3 aliphatic rings. The molecule has 0 N–H and O–H groups in total. The zero-order valence-corrected chi connectivity index (χ0v) is 81.5. The SMILES string of the molecule is c1ccc(-c2ccc(N(c3ccc(-c4ccccc4)cc3)c3ccc(N4c5ccccc5Cc5c4n(-c4ccccc4)c4ccccc54)cc3)cc2)cc1.c1ccc(-c2ccccc2N(c2ccc(N3c4ccccc4Cc4c3n(-c3ccccc3)c3ccccc43)cc2)c2cccc3ccccc23)cc1.c1ccc(N(c2ccccc2)c2ccc(N3c4ccccc4Cc4c3n(-c3ccccc3)c3ccccc43)cc2)cc1. The van der Waals surface area contributed by atoms with Crippen molar-refractivity contribution in [2.75, 3.05) is 29.4 Å². The van der Waals surface area contributed by atoms with Crippen molar-refractivity contribution in [1.29, 1.82) is 0 Å². The van der Waals surface area contributed by atoms with Crippen LogP contribution in [0.25, 0.3) is 93.9 Å². The summed E-state index contributed by atoms with van der Waals surface area (Å²) in [6.45, 7) is 0. The van der Waals surface area contributed by atoms with Gasteiger partial charge in [0.15, 0.2) is 0 Å². The Balaban J connectivity index is 0.000000113. The van der Waals surface area contributed by atoms with Gasteiger partial charge in [0, 0.05) is 137 Å². The van der Waals surface area contributed by atoms with Gasteiger partial charge in [-0.15, -0.1) is 0 Å². The monoisotopic (exact) mass is 1900 g/mol. The minimum absolute atomic E-state index is 0.881. The topological polar surface area (TPSA) is 34.2 Å². The Bertz CT molecular complexity index is 8950. The highest BCUT2D eigenvalue weighted by Crippen LogP contribution is 2.56. The first kappa shape index (κ1) is 88.7. The Hall–Kier alpha value is -19.5. The van der Waals surface area contributed by atoms with E-state index in [0.29, 0.717) is 0 Å². The normalized spacial score (nSPS) is 12.1. The molecule has 0 aliphatic carbocycles. The Labute approximate surface area is 862 Å². The molecule has 0 saturated carbocycles. The van der Waals surface area contributed by atoms with Crippen LogP contribution in [0.4, 0.5) is 103 Å². The van der Waals surface area contributed by atoms with Crippen LogP contribution in [0.5, 0.6) is 0 Å². The maximum Gasteiger partial charge on any atom is 0.127 e. The number of aromatic nitrogens is 3. The van der Waals surface area contributed by atoms with E-state index in [1.807, 2.05) is 0 Å². The van der Waals surface area contributed by atoms with Crippen LogP contribution in [0, 0.1) is 0 Å². The number of fused-ring (bicyclic) bond motifs is 13. The largest absolute Gasteiger partial charge is 0.311 e. The summed E-state index contributed by atoms with van der Waals surface area (Å²) in [6.07, 6.45) is 2.66. The molecule has 0 fully saturated rings. The van der Waals surface area contributed by atoms with Gasteiger partial charge in [0.25, 0.3) is 0 Å². The van der Waals surface area contributed by atoms with Gasteiger partial charge in [-0.1, -0.05) is 370 Å². The molecule has 148 heavy (non-hydrogen) atoms. The Morgan fingerprint density at radius 3 is 0.770 bits per heavy atom. The molecule has 0 bridgehead atoms. The molecule has 0 radical (unpaired) electrons. The first-order chi connectivity index (χ1) is 73.5. The van der Waals surface area contributed by atoms with Crippen LogP contribution in [0.15, 0.2) is 576 Å². The third kappa shape index (κ3) is 16.4. The first-order valence-electron chi connectivity index (χ1n) is 50.9. The molecule has 9 heteroatoms. The quantitative estimate of drug-likeness (QED) is 0.0852. The van der Waals surface area contributed by atoms with Crippen LogP contribution in [0.3, 0.4) is 0 Å². The van der Waals surface area contributed by atoms with Gasteiger partial charge in [0.2, 0.25) is 0 Å². The number of nitrogens with zero attached hydrogens (tertiary/aromatic N) is 9. The Morgan fingerprint density at radius 1 is 0.155 bits per heavy atom. The lowest BCUT2D eigenvalue weighted by molar-refractivity contribution is 1.01. The van der Waals surface area contributed by atoms with E-state index >= 15 is 0 Å². The van der Waals surface area contributed by atoms with Gasteiger partial charge in [0.05, 0.1) is 45.0 Å². The van der Waals surface area contributed by atoms with Crippen molar-refractivity contribution in [2.45, 2.75) is 19.3 Å². The molecule has 702 valence electrons. The van der Waals surface area contributed by atoms with Crippen molar-refractivity contribution in [3.05, 3.63) is 610 Å². The second-order valence-corrected chi connectivity index (χ2v) is 37.8. The smallest absolute Gasteiger partial charge is 0.127 e. The summed E-state index contributed by atoms with van der Waals surface area (Å²) < 4.78 is 7.30. The summed E-state index contributed by atoms with van der Waals surface area (Å²) in [4.78, 5) is 14.4. The molecule has 3 aromatic heterocycles. The highest BCUT2D eigenvalue weighted by molar-refractivity contribution is 6.05. The van der Waals surface area contributed by atoms with Crippen LogP contribution in [0.1, 0.15) is 33.4 Å². The first-order valence-corrected chi connectivity index (χ1v) is 50.9. The summed E-state index contributed by atoms with van der Waals surface area (Å²) >= 11 is 0. The number of rotatable bonds is 18. The molecule has 0 amide bonds. The molecule has 0 unspecified atom stereocenters. The molecule has 0 saturated heterocycles. The van der Waals surface area contributed by atoms with Crippen molar-refractivity contribution >= 4 is 146 Å². The van der Waals surface area contributed by atoms with Crippen LogP contribution in [-0.4, -0.2) is 13.7 Å². The number of hydrogen-bond donors (Lipinski definition) is 0. The molecular formula is C139H101N9. The van der Waals surface area contributed by atoms with E-state index in [1.54, 1.807) is 0 Å². The summed E-state index contributed by atoms with van der Waals surface area (Å²) in [5.41, 5.74) is 39.4. The maximum atomic E-state index is 2.46. The van der Waals surface area contributed by atoms with Crippen molar-refractivity contribution in [1.82, 2.24) is 13.7 Å². The second kappa shape index (κ2) is 39.1. The van der Waals surface area contributed by atoms with E-state index in [4.69, 9.17) is 0 Å². The average Bonchev–Trinajstić information content (AvgIpc) is 1.57. The van der Waals surface area contributed by atoms with Gasteiger partial charge >= 0.3 is 0 Å². The lowest BCUT2D eigenvalue weighted by atomic mass is 9.96. The van der Waals surface area contributed by atoms with Gasteiger partial charge in [-0.2, -0.15) is 0 Å². The number of hydrogen-bond acceptors (Lipinski definition) is 6. The van der Waals surface area contributed by atoms with Crippen molar-refractivity contribution in [2.24, 2.45) is 0 Å². The van der Waals surface area contributed by atoms with Gasteiger partial charge in [-0.05, 0) is 256 Å². The summed E-state index contributed by atoms with van der Waals surface area (Å²) in [6, 6.07) is 207. The number of benzene rings is 22.